The minimum absolute atomic E-state index is 0.0661. The van der Waals surface area contributed by atoms with Crippen LogP contribution >= 0.6 is 0 Å². The van der Waals surface area contributed by atoms with Gasteiger partial charge in [0.1, 0.15) is 5.75 Å². The van der Waals surface area contributed by atoms with Crippen LogP contribution in [0.5, 0.6) is 5.75 Å². The van der Waals surface area contributed by atoms with Gasteiger partial charge in [-0.1, -0.05) is 6.92 Å². The maximum absolute atomic E-state index is 12.1. The van der Waals surface area contributed by atoms with Crippen molar-refractivity contribution in [1.82, 2.24) is 4.90 Å². The van der Waals surface area contributed by atoms with Crippen LogP contribution < -0.4 is 15.8 Å². The third-order valence-corrected chi connectivity index (χ3v) is 3.58. The van der Waals surface area contributed by atoms with E-state index in [4.69, 9.17) is 15.2 Å². The summed E-state index contributed by atoms with van der Waals surface area (Å²) in [6, 6.07) is 5.21. The summed E-state index contributed by atoms with van der Waals surface area (Å²) in [6.07, 6.45) is 1.18. The lowest BCUT2D eigenvalue weighted by atomic mass is 10.2. The summed E-state index contributed by atoms with van der Waals surface area (Å²) in [6.45, 7) is 4.69. The normalized spacial score (nSPS) is 19.2. The van der Waals surface area contributed by atoms with Crippen molar-refractivity contribution in [2.24, 2.45) is 0 Å². The van der Waals surface area contributed by atoms with Crippen molar-refractivity contribution in [2.45, 2.75) is 19.4 Å². The van der Waals surface area contributed by atoms with Crippen molar-refractivity contribution < 1.29 is 14.3 Å². The first kappa shape index (κ1) is 15.6. The number of morpholine rings is 1. The summed E-state index contributed by atoms with van der Waals surface area (Å²) in [7, 11) is 1.58. The van der Waals surface area contributed by atoms with Gasteiger partial charge in [-0.05, 0) is 18.6 Å². The van der Waals surface area contributed by atoms with Gasteiger partial charge in [-0.25, -0.2) is 0 Å². The number of benzene rings is 1. The Hall–Kier alpha value is -1.79. The minimum Gasteiger partial charge on any atom is -0.497 e. The molecular weight excluding hydrogens is 270 g/mol. The zero-order chi connectivity index (χ0) is 15.2. The Labute approximate surface area is 125 Å². The number of anilines is 2. The number of nitrogens with zero attached hydrogens (tertiary/aromatic N) is 1. The quantitative estimate of drug-likeness (QED) is 0.801. The lowest BCUT2D eigenvalue weighted by Gasteiger charge is -2.31. The molecule has 21 heavy (non-hydrogen) atoms. The number of carbonyl (C=O) groups is 1. The Balaban J connectivity index is 1.89. The van der Waals surface area contributed by atoms with Gasteiger partial charge in [0.25, 0.3) is 0 Å². The van der Waals surface area contributed by atoms with E-state index in [0.29, 0.717) is 30.3 Å². The number of nitrogens with one attached hydrogen (secondary N) is 1. The fraction of sp³-hybridized carbons (Fsp3) is 0.533. The van der Waals surface area contributed by atoms with E-state index in [1.54, 1.807) is 25.3 Å². The van der Waals surface area contributed by atoms with E-state index in [2.05, 4.69) is 17.1 Å². The number of methoxy groups -OCH3 is 1. The Morgan fingerprint density at radius 3 is 3.05 bits per heavy atom. The van der Waals surface area contributed by atoms with Crippen molar-refractivity contribution in [3.8, 4) is 5.75 Å². The monoisotopic (exact) mass is 293 g/mol. The zero-order valence-corrected chi connectivity index (χ0v) is 12.6. The Morgan fingerprint density at radius 2 is 2.38 bits per heavy atom. The van der Waals surface area contributed by atoms with Crippen molar-refractivity contribution in [1.29, 1.82) is 0 Å². The van der Waals surface area contributed by atoms with Crippen LogP contribution in [-0.2, 0) is 9.53 Å². The van der Waals surface area contributed by atoms with Crippen molar-refractivity contribution in [3.05, 3.63) is 18.2 Å². The van der Waals surface area contributed by atoms with Gasteiger partial charge in [0.2, 0.25) is 5.91 Å². The molecule has 1 aliphatic heterocycles. The van der Waals surface area contributed by atoms with Gasteiger partial charge in [0.05, 0.1) is 37.7 Å². The zero-order valence-electron chi connectivity index (χ0n) is 12.6. The first-order valence-electron chi connectivity index (χ1n) is 7.19. The molecule has 1 saturated heterocycles. The minimum atomic E-state index is -0.0661. The number of hydrogen-bond donors (Lipinski definition) is 2. The first-order chi connectivity index (χ1) is 10.1. The number of nitrogens with two attached hydrogens (primary N) is 1. The van der Waals surface area contributed by atoms with E-state index in [9.17, 15) is 4.79 Å². The summed E-state index contributed by atoms with van der Waals surface area (Å²) in [5.41, 5.74) is 7.00. The standard InChI is InChI=1S/C15H23N3O3/c1-3-11-9-18(6-7-21-11)10-15(19)17-14-5-4-12(20-2)8-13(14)16/h4-5,8,11H,3,6-7,9-10,16H2,1-2H3,(H,17,19). The highest BCUT2D eigenvalue weighted by atomic mass is 16.5. The average Bonchev–Trinajstić information content (AvgIpc) is 2.49. The van der Waals surface area contributed by atoms with Crippen LogP contribution in [0.25, 0.3) is 0 Å². The second-order valence-electron chi connectivity index (χ2n) is 5.14. The third kappa shape index (κ3) is 4.34. The predicted octanol–water partition coefficient (Wildman–Crippen LogP) is 1.33. The summed E-state index contributed by atoms with van der Waals surface area (Å²) >= 11 is 0. The Bertz CT molecular complexity index is 493. The number of hydrogen-bond acceptors (Lipinski definition) is 5. The van der Waals surface area contributed by atoms with Crippen LogP contribution in [0.4, 0.5) is 11.4 Å². The van der Waals surface area contributed by atoms with E-state index >= 15 is 0 Å². The van der Waals surface area contributed by atoms with Gasteiger partial charge >= 0.3 is 0 Å². The molecule has 1 aromatic rings. The van der Waals surface area contributed by atoms with Gasteiger partial charge in [-0.3, -0.25) is 9.69 Å². The van der Waals surface area contributed by atoms with Crippen LogP contribution in [0.2, 0.25) is 0 Å². The molecule has 1 atom stereocenters. The largest absolute Gasteiger partial charge is 0.497 e. The molecule has 1 heterocycles. The third-order valence-electron chi connectivity index (χ3n) is 3.58. The molecule has 6 heteroatoms. The SMILES string of the molecule is CCC1CN(CC(=O)Nc2ccc(OC)cc2N)CCO1. The molecule has 0 aromatic heterocycles. The number of carbonyl (C=O) groups excluding carboxylic acids is 1. The number of nitrogen functional groups attached to an aromatic ring is 1. The molecule has 1 aromatic carbocycles. The lowest BCUT2D eigenvalue weighted by molar-refractivity contribution is -0.119. The highest BCUT2D eigenvalue weighted by molar-refractivity contribution is 5.95. The van der Waals surface area contributed by atoms with Gasteiger partial charge in [0, 0.05) is 19.2 Å². The van der Waals surface area contributed by atoms with Crippen molar-refractivity contribution in [3.63, 3.8) is 0 Å². The smallest absolute Gasteiger partial charge is 0.238 e. The number of amides is 1. The van der Waals surface area contributed by atoms with Crippen molar-refractivity contribution in [2.75, 3.05) is 44.4 Å². The summed E-state index contributed by atoms with van der Waals surface area (Å²) in [5.74, 6) is 0.605. The fourth-order valence-corrected chi connectivity index (χ4v) is 2.35. The molecule has 0 bridgehead atoms. The second-order valence-corrected chi connectivity index (χ2v) is 5.14. The van der Waals surface area contributed by atoms with Crippen LogP contribution in [0.3, 0.4) is 0 Å². The van der Waals surface area contributed by atoms with E-state index in [0.717, 1.165) is 19.5 Å². The molecule has 0 spiro atoms. The predicted molar refractivity (Wildman–Crippen MR) is 82.5 cm³/mol. The summed E-state index contributed by atoms with van der Waals surface area (Å²) < 4.78 is 10.7. The summed E-state index contributed by atoms with van der Waals surface area (Å²) in [5, 5.41) is 2.84. The van der Waals surface area contributed by atoms with Crippen LogP contribution in [0.15, 0.2) is 18.2 Å². The summed E-state index contributed by atoms with van der Waals surface area (Å²) in [4.78, 5) is 14.2. The van der Waals surface area contributed by atoms with E-state index in [1.807, 2.05) is 0 Å². The molecule has 6 nitrogen and oxygen atoms in total. The van der Waals surface area contributed by atoms with Gasteiger partial charge < -0.3 is 20.5 Å². The number of ether oxygens (including phenoxy) is 2. The van der Waals surface area contributed by atoms with E-state index < -0.39 is 0 Å². The van der Waals surface area contributed by atoms with Crippen LogP contribution in [0.1, 0.15) is 13.3 Å². The second kappa shape index (κ2) is 7.28. The van der Waals surface area contributed by atoms with Gasteiger partial charge in [-0.15, -0.1) is 0 Å². The van der Waals surface area contributed by atoms with E-state index in [1.165, 1.54) is 0 Å². The Kier molecular flexibility index (Phi) is 5.41. The van der Waals surface area contributed by atoms with Crippen LogP contribution in [-0.4, -0.2) is 50.3 Å². The van der Waals surface area contributed by atoms with Gasteiger partial charge in [-0.2, -0.15) is 0 Å². The highest BCUT2D eigenvalue weighted by Crippen LogP contribution is 2.24. The molecular formula is C15H23N3O3. The maximum Gasteiger partial charge on any atom is 0.238 e. The molecule has 116 valence electrons. The van der Waals surface area contributed by atoms with Crippen molar-refractivity contribution >= 4 is 17.3 Å². The molecule has 1 fully saturated rings. The fourth-order valence-electron chi connectivity index (χ4n) is 2.35. The van der Waals surface area contributed by atoms with Crippen LogP contribution in [0, 0.1) is 0 Å². The lowest BCUT2D eigenvalue weighted by Crippen LogP contribution is -2.45. The molecule has 1 unspecified atom stereocenters. The highest BCUT2D eigenvalue weighted by Gasteiger charge is 2.21. The number of rotatable bonds is 5. The molecule has 3 N–H and O–H groups in total. The molecule has 1 aliphatic rings. The van der Waals surface area contributed by atoms with Gasteiger partial charge in [0.15, 0.2) is 0 Å². The molecule has 2 rings (SSSR count). The maximum atomic E-state index is 12.1. The first-order valence-corrected chi connectivity index (χ1v) is 7.19. The molecule has 0 saturated carbocycles. The molecule has 0 radical (unpaired) electrons. The molecule has 0 aliphatic carbocycles. The Morgan fingerprint density at radius 1 is 1.57 bits per heavy atom. The van der Waals surface area contributed by atoms with E-state index in [-0.39, 0.29) is 12.0 Å². The molecule has 1 amide bonds. The average molecular weight is 293 g/mol. The topological polar surface area (TPSA) is 76.8 Å².